The van der Waals surface area contributed by atoms with Crippen molar-refractivity contribution in [1.82, 2.24) is 0 Å². The summed E-state index contributed by atoms with van der Waals surface area (Å²) < 4.78 is 16.9. The maximum atomic E-state index is 11.1. The first-order valence-corrected chi connectivity index (χ1v) is 8.99. The van der Waals surface area contributed by atoms with Gasteiger partial charge in [-0.05, 0) is 35.6 Å². The van der Waals surface area contributed by atoms with E-state index in [0.717, 1.165) is 16.9 Å². The van der Waals surface area contributed by atoms with Gasteiger partial charge in [0.2, 0.25) is 0 Å². The van der Waals surface area contributed by atoms with Gasteiger partial charge >= 0.3 is 5.97 Å². The first-order valence-electron chi connectivity index (χ1n) is 8.61. The minimum absolute atomic E-state index is 0.0372. The number of benzene rings is 2. The third-order valence-corrected chi connectivity index (χ3v) is 4.35. The molecule has 0 saturated carbocycles. The maximum absolute atomic E-state index is 11.1. The molecule has 27 heavy (non-hydrogen) atoms. The molecule has 0 unspecified atom stereocenters. The largest absolute Gasteiger partial charge is 0.493 e. The predicted molar refractivity (Wildman–Crippen MR) is 106 cm³/mol. The van der Waals surface area contributed by atoms with Gasteiger partial charge in [-0.3, -0.25) is 0 Å². The number of aryl methyl sites for hydroxylation is 1. The first kappa shape index (κ1) is 20.9. The van der Waals surface area contributed by atoms with E-state index >= 15 is 0 Å². The number of carboxylic acid groups (broad SMARTS) is 1. The van der Waals surface area contributed by atoms with Crippen LogP contribution >= 0.6 is 11.6 Å². The molecule has 1 N–H and O–H groups in total. The second-order valence-corrected chi connectivity index (χ2v) is 7.60. The number of ether oxygens (including phenoxy) is 3. The van der Waals surface area contributed by atoms with E-state index in [2.05, 4.69) is 26.8 Å². The number of hydrogen-bond donors (Lipinski definition) is 1. The van der Waals surface area contributed by atoms with Gasteiger partial charge in [-0.25, -0.2) is 4.79 Å². The Morgan fingerprint density at radius 1 is 1.11 bits per heavy atom. The van der Waals surface area contributed by atoms with Crippen molar-refractivity contribution >= 4 is 17.6 Å². The molecule has 0 aliphatic carbocycles. The highest BCUT2D eigenvalue weighted by molar-refractivity contribution is 6.32. The molecule has 6 heteroatoms. The summed E-state index contributed by atoms with van der Waals surface area (Å²) >= 11 is 6.15. The van der Waals surface area contributed by atoms with Crippen LogP contribution in [0, 0.1) is 6.92 Å². The Balaban J connectivity index is 2.10. The molecule has 2 aromatic rings. The van der Waals surface area contributed by atoms with Gasteiger partial charge in [0.05, 0.1) is 17.7 Å². The maximum Gasteiger partial charge on any atom is 0.335 e. The van der Waals surface area contributed by atoms with E-state index in [1.807, 2.05) is 19.1 Å². The summed E-state index contributed by atoms with van der Waals surface area (Å²) in [6.45, 7) is 8.98. The number of halogens is 1. The van der Waals surface area contributed by atoms with Crippen LogP contribution in [0.5, 0.6) is 17.2 Å². The lowest BCUT2D eigenvalue weighted by Crippen LogP contribution is -2.17. The standard InChI is InChI=1S/C21H25ClO5/c1-13-7-6-8-15(21(2,3)4)18(13)26-9-10-27-19-16(22)11-14(20(23)24)12-17(19)25-5/h6-8,11-12H,9-10H2,1-5H3,(H,23,24). The second kappa shape index (κ2) is 8.53. The zero-order valence-corrected chi connectivity index (χ0v) is 17.0. The Kier molecular flexibility index (Phi) is 6.60. The number of aromatic carboxylic acids is 1. The van der Waals surface area contributed by atoms with Gasteiger partial charge in [0.25, 0.3) is 0 Å². The van der Waals surface area contributed by atoms with Crippen molar-refractivity contribution < 1.29 is 24.1 Å². The predicted octanol–water partition coefficient (Wildman–Crippen LogP) is 5.11. The fourth-order valence-corrected chi connectivity index (χ4v) is 2.97. The minimum atomic E-state index is -1.08. The topological polar surface area (TPSA) is 65.0 Å². The highest BCUT2D eigenvalue weighted by Gasteiger charge is 2.20. The van der Waals surface area contributed by atoms with Crippen molar-refractivity contribution in [2.45, 2.75) is 33.1 Å². The molecule has 0 aliphatic heterocycles. The van der Waals surface area contributed by atoms with Crippen LogP contribution in [0.15, 0.2) is 30.3 Å². The third-order valence-electron chi connectivity index (χ3n) is 4.07. The van der Waals surface area contributed by atoms with Crippen LogP contribution in [0.2, 0.25) is 5.02 Å². The zero-order chi connectivity index (χ0) is 20.2. The van der Waals surface area contributed by atoms with Crippen LogP contribution in [0.1, 0.15) is 42.3 Å². The van der Waals surface area contributed by atoms with Crippen LogP contribution < -0.4 is 14.2 Å². The summed E-state index contributed by atoms with van der Waals surface area (Å²) in [6.07, 6.45) is 0. The van der Waals surface area contributed by atoms with E-state index in [4.69, 9.17) is 30.9 Å². The quantitative estimate of drug-likeness (QED) is 0.663. The van der Waals surface area contributed by atoms with E-state index in [0.29, 0.717) is 12.4 Å². The normalized spacial score (nSPS) is 11.2. The molecular formula is C21H25ClO5. The number of para-hydroxylation sites is 1. The number of methoxy groups -OCH3 is 1. The second-order valence-electron chi connectivity index (χ2n) is 7.19. The third kappa shape index (κ3) is 5.07. The fourth-order valence-electron chi connectivity index (χ4n) is 2.71. The van der Waals surface area contributed by atoms with Gasteiger partial charge < -0.3 is 19.3 Å². The van der Waals surface area contributed by atoms with E-state index in [9.17, 15) is 4.79 Å². The van der Waals surface area contributed by atoms with Crippen molar-refractivity contribution in [3.8, 4) is 17.2 Å². The van der Waals surface area contributed by atoms with Crippen molar-refractivity contribution in [2.24, 2.45) is 0 Å². The summed E-state index contributed by atoms with van der Waals surface area (Å²) in [7, 11) is 1.43. The van der Waals surface area contributed by atoms with Gasteiger partial charge in [0.15, 0.2) is 11.5 Å². The molecule has 0 atom stereocenters. The molecular weight excluding hydrogens is 368 g/mol. The highest BCUT2D eigenvalue weighted by Crippen LogP contribution is 2.37. The lowest BCUT2D eigenvalue weighted by atomic mass is 9.85. The minimum Gasteiger partial charge on any atom is -0.493 e. The van der Waals surface area contributed by atoms with Gasteiger partial charge in [0, 0.05) is 0 Å². The molecule has 0 bridgehead atoms. The van der Waals surface area contributed by atoms with Crippen LogP contribution in [0.3, 0.4) is 0 Å². The summed E-state index contributed by atoms with van der Waals surface area (Å²) in [5, 5.41) is 9.28. The number of hydrogen-bond acceptors (Lipinski definition) is 4. The molecule has 0 amide bonds. The summed E-state index contributed by atoms with van der Waals surface area (Å²) in [4.78, 5) is 11.1. The lowest BCUT2D eigenvalue weighted by molar-refractivity contribution is 0.0696. The summed E-state index contributed by atoms with van der Waals surface area (Å²) in [5.74, 6) is 0.340. The Bertz CT molecular complexity index is 824. The van der Waals surface area contributed by atoms with Crippen molar-refractivity contribution in [2.75, 3.05) is 20.3 Å². The molecule has 0 radical (unpaired) electrons. The Labute approximate surface area is 164 Å². The molecule has 2 rings (SSSR count). The molecule has 5 nitrogen and oxygen atoms in total. The van der Waals surface area contributed by atoms with E-state index in [1.54, 1.807) is 0 Å². The molecule has 0 spiro atoms. The number of rotatable bonds is 7. The molecule has 0 heterocycles. The monoisotopic (exact) mass is 392 g/mol. The van der Waals surface area contributed by atoms with E-state index in [1.165, 1.54) is 19.2 Å². The van der Waals surface area contributed by atoms with Crippen LogP contribution in [-0.2, 0) is 5.41 Å². The van der Waals surface area contributed by atoms with Gasteiger partial charge in [-0.1, -0.05) is 50.6 Å². The fraction of sp³-hybridized carbons (Fsp3) is 0.381. The van der Waals surface area contributed by atoms with Gasteiger partial charge in [-0.15, -0.1) is 0 Å². The van der Waals surface area contributed by atoms with Crippen molar-refractivity contribution in [1.29, 1.82) is 0 Å². The summed E-state index contributed by atoms with van der Waals surface area (Å²) in [5.41, 5.74) is 2.18. The molecule has 0 fully saturated rings. The van der Waals surface area contributed by atoms with E-state index < -0.39 is 5.97 Å². The zero-order valence-electron chi connectivity index (χ0n) is 16.3. The SMILES string of the molecule is COc1cc(C(=O)O)cc(Cl)c1OCCOc1c(C)cccc1C(C)(C)C. The van der Waals surface area contributed by atoms with Crippen LogP contribution in [0.25, 0.3) is 0 Å². The summed E-state index contributed by atoms with van der Waals surface area (Å²) in [6, 6.07) is 8.81. The molecule has 0 aliphatic rings. The average Bonchev–Trinajstić information content (AvgIpc) is 2.59. The molecule has 0 saturated heterocycles. The number of carboxylic acids is 1. The molecule has 2 aromatic carbocycles. The first-order chi connectivity index (χ1) is 12.6. The molecule has 0 aromatic heterocycles. The smallest absolute Gasteiger partial charge is 0.335 e. The Morgan fingerprint density at radius 3 is 2.30 bits per heavy atom. The average molecular weight is 393 g/mol. The van der Waals surface area contributed by atoms with Gasteiger partial charge in [-0.2, -0.15) is 0 Å². The number of carbonyl (C=O) groups is 1. The Hall–Kier alpha value is -2.40. The van der Waals surface area contributed by atoms with Crippen LogP contribution in [0.4, 0.5) is 0 Å². The lowest BCUT2D eigenvalue weighted by Gasteiger charge is -2.24. The van der Waals surface area contributed by atoms with E-state index in [-0.39, 0.29) is 28.4 Å². The Morgan fingerprint density at radius 2 is 1.74 bits per heavy atom. The highest BCUT2D eigenvalue weighted by atomic mass is 35.5. The van der Waals surface area contributed by atoms with Crippen molar-refractivity contribution in [3.63, 3.8) is 0 Å². The van der Waals surface area contributed by atoms with Crippen LogP contribution in [-0.4, -0.2) is 31.4 Å². The molecule has 146 valence electrons. The van der Waals surface area contributed by atoms with Gasteiger partial charge in [0.1, 0.15) is 19.0 Å². The van der Waals surface area contributed by atoms with Crippen molar-refractivity contribution in [3.05, 3.63) is 52.0 Å².